The number of amides is 1. The predicted octanol–water partition coefficient (Wildman–Crippen LogP) is 5.43. The molecule has 7 nitrogen and oxygen atoms in total. The molecule has 2 heterocycles. The Balaban J connectivity index is 1.65. The number of nitrogens with zero attached hydrogens (tertiary/aromatic N) is 2. The van der Waals surface area contributed by atoms with Crippen LogP contribution in [-0.4, -0.2) is 36.1 Å². The van der Waals surface area contributed by atoms with E-state index in [4.69, 9.17) is 9.47 Å². The van der Waals surface area contributed by atoms with Crippen LogP contribution in [0.4, 0.5) is 24.7 Å². The van der Waals surface area contributed by atoms with Gasteiger partial charge in [0.05, 0.1) is 20.3 Å². The van der Waals surface area contributed by atoms with Crippen LogP contribution in [0.5, 0.6) is 11.5 Å². The molecule has 2 aromatic carbocycles. The van der Waals surface area contributed by atoms with Gasteiger partial charge in [0.25, 0.3) is 5.91 Å². The van der Waals surface area contributed by atoms with Gasteiger partial charge in [-0.3, -0.25) is 4.79 Å². The first-order valence-corrected chi connectivity index (χ1v) is 10.6. The topological polar surface area (TPSA) is 77.4 Å². The smallest absolute Gasteiger partial charge is 0.410 e. The molecule has 1 amide bonds. The Bertz CT molecular complexity index is 1200. The van der Waals surface area contributed by atoms with Gasteiger partial charge in [0.15, 0.2) is 23.2 Å². The molecular formula is C24H25F3N4O3. The minimum atomic E-state index is -4.56. The quantitative estimate of drug-likeness (QED) is 0.516. The molecule has 0 aliphatic carbocycles. The molecule has 0 radical (unpaired) electrons. The van der Waals surface area contributed by atoms with Crippen LogP contribution in [0.3, 0.4) is 0 Å². The van der Waals surface area contributed by atoms with Crippen LogP contribution < -0.4 is 20.1 Å². The number of carbonyl (C=O) groups is 1. The lowest BCUT2D eigenvalue weighted by atomic mass is 9.96. The van der Waals surface area contributed by atoms with E-state index in [2.05, 4.69) is 15.7 Å². The Hall–Kier alpha value is -3.69. The highest BCUT2D eigenvalue weighted by molar-refractivity contribution is 6.03. The number of halogens is 3. The second-order valence-corrected chi connectivity index (χ2v) is 8.29. The van der Waals surface area contributed by atoms with Crippen molar-refractivity contribution in [2.45, 2.75) is 38.5 Å². The van der Waals surface area contributed by atoms with Crippen molar-refractivity contribution in [2.24, 2.45) is 0 Å². The molecule has 34 heavy (non-hydrogen) atoms. The number of hydrogen-bond acceptors (Lipinski definition) is 5. The normalized spacial score (nSPS) is 17.5. The maximum atomic E-state index is 14.0. The molecule has 0 unspecified atom stereocenters. The Kier molecular flexibility index (Phi) is 6.16. The number of ether oxygens (including phenoxy) is 2. The first-order valence-electron chi connectivity index (χ1n) is 10.6. The average Bonchev–Trinajstić information content (AvgIpc) is 3.20. The number of alkyl halides is 3. The molecule has 1 aliphatic rings. The van der Waals surface area contributed by atoms with Crippen molar-refractivity contribution in [3.63, 3.8) is 0 Å². The first kappa shape index (κ1) is 23.5. The number of methoxy groups -OCH3 is 2. The highest BCUT2D eigenvalue weighted by Gasteiger charge is 2.47. The summed E-state index contributed by atoms with van der Waals surface area (Å²) in [6.45, 7) is 3.79. The second-order valence-electron chi connectivity index (χ2n) is 8.29. The van der Waals surface area contributed by atoms with E-state index < -0.39 is 24.2 Å². The van der Waals surface area contributed by atoms with E-state index in [-0.39, 0.29) is 17.9 Å². The van der Waals surface area contributed by atoms with Crippen molar-refractivity contribution < 1.29 is 27.4 Å². The standard InChI is InChI=1S/C24H25F3N4O3/c1-13-7-14(2)9-16(8-13)28-23(32)18-12-22-29-17(11-21(24(25,26)27)31(22)30-18)15-5-6-19(33-3)20(10-15)34-4/h5-10,12,17,21,29H,11H2,1-4H3,(H,28,32)/t17-,21+/m0/s1. The van der Waals surface area contributed by atoms with Gasteiger partial charge in [-0.25, -0.2) is 4.68 Å². The van der Waals surface area contributed by atoms with Crippen molar-refractivity contribution >= 4 is 17.4 Å². The zero-order valence-electron chi connectivity index (χ0n) is 19.2. The molecule has 0 spiro atoms. The number of anilines is 2. The molecule has 2 N–H and O–H groups in total. The van der Waals surface area contributed by atoms with Crippen LogP contribution in [0.25, 0.3) is 0 Å². The van der Waals surface area contributed by atoms with Gasteiger partial charge < -0.3 is 20.1 Å². The Morgan fingerprint density at radius 2 is 1.74 bits per heavy atom. The minimum absolute atomic E-state index is 0.108. The van der Waals surface area contributed by atoms with Gasteiger partial charge in [0, 0.05) is 18.2 Å². The lowest BCUT2D eigenvalue weighted by Gasteiger charge is -2.33. The van der Waals surface area contributed by atoms with Crippen LogP contribution in [0, 0.1) is 13.8 Å². The number of rotatable bonds is 5. The number of aromatic nitrogens is 2. The summed E-state index contributed by atoms with van der Waals surface area (Å²) in [5.41, 5.74) is 2.95. The van der Waals surface area contributed by atoms with Gasteiger partial charge in [0.2, 0.25) is 0 Å². The number of carbonyl (C=O) groups excluding carboxylic acids is 1. The summed E-state index contributed by atoms with van der Waals surface area (Å²) in [6, 6.07) is 9.26. The van der Waals surface area contributed by atoms with E-state index in [1.165, 1.54) is 20.3 Å². The summed E-state index contributed by atoms with van der Waals surface area (Å²) < 4.78 is 53.3. The van der Waals surface area contributed by atoms with E-state index >= 15 is 0 Å². The Labute approximate surface area is 194 Å². The van der Waals surface area contributed by atoms with E-state index in [1.807, 2.05) is 19.9 Å². The third-order valence-electron chi connectivity index (χ3n) is 5.71. The predicted molar refractivity (Wildman–Crippen MR) is 122 cm³/mol. The summed E-state index contributed by atoms with van der Waals surface area (Å²) in [4.78, 5) is 12.8. The monoisotopic (exact) mass is 474 g/mol. The van der Waals surface area contributed by atoms with Gasteiger partial charge >= 0.3 is 6.18 Å². The van der Waals surface area contributed by atoms with Crippen LogP contribution in [-0.2, 0) is 0 Å². The summed E-state index contributed by atoms with van der Waals surface area (Å²) in [7, 11) is 2.95. The molecule has 0 bridgehead atoms. The fraction of sp³-hybridized carbons (Fsp3) is 0.333. The number of nitrogens with one attached hydrogen (secondary N) is 2. The molecule has 1 aliphatic heterocycles. The molecule has 10 heteroatoms. The highest BCUT2D eigenvalue weighted by Crippen LogP contribution is 2.44. The van der Waals surface area contributed by atoms with Crippen LogP contribution in [0.2, 0.25) is 0 Å². The third-order valence-corrected chi connectivity index (χ3v) is 5.71. The second kappa shape index (κ2) is 8.92. The van der Waals surface area contributed by atoms with E-state index in [9.17, 15) is 18.0 Å². The third kappa shape index (κ3) is 4.66. The molecule has 3 aromatic rings. The molecule has 1 aromatic heterocycles. The van der Waals surface area contributed by atoms with Crippen molar-refractivity contribution in [1.82, 2.24) is 9.78 Å². The number of fused-ring (bicyclic) bond motifs is 1. The SMILES string of the molecule is COc1ccc([C@@H]2C[C@H](C(F)(F)F)n3nc(C(=O)Nc4cc(C)cc(C)c4)cc3N2)cc1OC. The molecule has 0 fully saturated rings. The highest BCUT2D eigenvalue weighted by atomic mass is 19.4. The van der Waals surface area contributed by atoms with Crippen molar-refractivity contribution in [2.75, 3.05) is 24.9 Å². The maximum absolute atomic E-state index is 14.0. The number of aryl methyl sites for hydroxylation is 2. The zero-order chi connectivity index (χ0) is 24.6. The van der Waals surface area contributed by atoms with Gasteiger partial charge in [-0.2, -0.15) is 18.3 Å². The fourth-order valence-corrected chi connectivity index (χ4v) is 4.21. The largest absolute Gasteiger partial charge is 0.493 e. The average molecular weight is 474 g/mol. The van der Waals surface area contributed by atoms with E-state index in [0.717, 1.165) is 15.8 Å². The molecule has 4 rings (SSSR count). The molecule has 180 valence electrons. The first-order chi connectivity index (χ1) is 16.1. The van der Waals surface area contributed by atoms with Gasteiger partial charge in [-0.15, -0.1) is 0 Å². The number of benzene rings is 2. The van der Waals surface area contributed by atoms with Crippen LogP contribution in [0.15, 0.2) is 42.5 Å². The van der Waals surface area contributed by atoms with Crippen LogP contribution in [0.1, 0.15) is 45.7 Å². The van der Waals surface area contributed by atoms with E-state index in [0.29, 0.717) is 22.7 Å². The van der Waals surface area contributed by atoms with E-state index in [1.54, 1.807) is 30.3 Å². The molecular weight excluding hydrogens is 449 g/mol. The zero-order valence-corrected chi connectivity index (χ0v) is 19.2. The summed E-state index contributed by atoms with van der Waals surface area (Å²) in [5.74, 6) is 0.416. The molecule has 2 atom stereocenters. The molecule has 0 saturated carbocycles. The van der Waals surface area contributed by atoms with Crippen LogP contribution >= 0.6 is 0 Å². The van der Waals surface area contributed by atoms with Crippen molar-refractivity contribution in [3.8, 4) is 11.5 Å². The van der Waals surface area contributed by atoms with Gasteiger partial charge in [-0.05, 0) is 54.8 Å². The Morgan fingerprint density at radius 3 is 2.35 bits per heavy atom. The lowest BCUT2D eigenvalue weighted by molar-refractivity contribution is -0.173. The number of hydrogen-bond donors (Lipinski definition) is 2. The molecule has 0 saturated heterocycles. The fourth-order valence-electron chi connectivity index (χ4n) is 4.21. The van der Waals surface area contributed by atoms with Crippen molar-refractivity contribution in [1.29, 1.82) is 0 Å². The minimum Gasteiger partial charge on any atom is -0.493 e. The summed E-state index contributed by atoms with van der Waals surface area (Å²) in [5, 5.41) is 9.81. The summed E-state index contributed by atoms with van der Waals surface area (Å²) in [6.07, 6.45) is -4.86. The van der Waals surface area contributed by atoms with Crippen molar-refractivity contribution in [3.05, 3.63) is 64.8 Å². The Morgan fingerprint density at radius 1 is 1.06 bits per heavy atom. The van der Waals surface area contributed by atoms with Gasteiger partial charge in [0.1, 0.15) is 5.82 Å². The maximum Gasteiger partial charge on any atom is 0.410 e. The lowest BCUT2D eigenvalue weighted by Crippen LogP contribution is -2.35. The summed E-state index contributed by atoms with van der Waals surface area (Å²) >= 11 is 0. The van der Waals surface area contributed by atoms with Gasteiger partial charge in [-0.1, -0.05) is 12.1 Å².